The first-order valence-electron chi connectivity index (χ1n) is 4.13. The van der Waals surface area contributed by atoms with Gasteiger partial charge < -0.3 is 0 Å². The average molecular weight is 288 g/mol. The molecule has 0 saturated heterocycles. The van der Waals surface area contributed by atoms with Gasteiger partial charge in [-0.25, -0.2) is 0 Å². The molecule has 0 saturated carbocycles. The first-order chi connectivity index (χ1) is 5.56. The van der Waals surface area contributed by atoms with Gasteiger partial charge in [0.05, 0.1) is 0 Å². The van der Waals surface area contributed by atoms with Gasteiger partial charge in [0.15, 0.2) is 0 Å². The van der Waals surface area contributed by atoms with Crippen molar-refractivity contribution in [3.8, 4) is 10.7 Å². The summed E-state index contributed by atoms with van der Waals surface area (Å²) in [7, 11) is 13.7. The molecule has 0 aromatic heterocycles. The topological polar surface area (TPSA) is 0 Å². The molecule has 0 aliphatic heterocycles. The van der Waals surface area contributed by atoms with Crippen molar-refractivity contribution in [2.75, 3.05) is 0 Å². The number of unbranched alkanes of at least 4 members (excludes halogenated alkanes) is 4. The molecular formula is C8H13Cl3Ge. The van der Waals surface area contributed by atoms with Crippen molar-refractivity contribution in [3.05, 3.63) is 0 Å². The Morgan fingerprint density at radius 1 is 1.08 bits per heavy atom. The molecule has 0 aliphatic carbocycles. The molecule has 0 aromatic rings. The summed E-state index contributed by atoms with van der Waals surface area (Å²) in [5.74, 6) is 2.92. The van der Waals surface area contributed by atoms with Crippen LogP contribution in [0.15, 0.2) is 0 Å². The summed E-state index contributed by atoms with van der Waals surface area (Å²) in [5, 5.41) is 0. The SMILES string of the molecule is CCCCCCC#[C][Ge]([Cl])([Cl])[Cl]. The third-order valence-electron chi connectivity index (χ3n) is 1.39. The van der Waals surface area contributed by atoms with Gasteiger partial charge in [-0.2, -0.15) is 0 Å². The number of rotatable bonds is 4. The summed E-state index contributed by atoms with van der Waals surface area (Å²) in [4.78, 5) is 0. The number of halogens is 3. The van der Waals surface area contributed by atoms with Gasteiger partial charge in [-0.05, 0) is 0 Å². The predicted octanol–water partition coefficient (Wildman–Crippen LogP) is 4.15. The molecule has 0 bridgehead atoms. The Balaban J connectivity index is 3.34. The maximum absolute atomic E-state index is 5.62. The molecule has 0 spiro atoms. The first kappa shape index (κ1) is 13.0. The van der Waals surface area contributed by atoms with Crippen LogP contribution in [0.25, 0.3) is 0 Å². The molecule has 0 N–H and O–H groups in total. The molecule has 0 heterocycles. The van der Waals surface area contributed by atoms with Gasteiger partial charge in [0.2, 0.25) is 0 Å². The molecule has 4 heteroatoms. The Kier molecular flexibility index (Phi) is 7.98. The molecule has 70 valence electrons. The zero-order chi connectivity index (χ0) is 9.45. The van der Waals surface area contributed by atoms with E-state index in [1.165, 1.54) is 19.3 Å². The Hall–Kier alpha value is 0.973. The van der Waals surface area contributed by atoms with Crippen molar-refractivity contribution < 1.29 is 0 Å². The van der Waals surface area contributed by atoms with E-state index >= 15 is 0 Å². The van der Waals surface area contributed by atoms with Crippen LogP contribution in [-0.2, 0) is 0 Å². The standard InChI is InChI=1S/C8H13Cl3Ge/c1-2-3-4-5-6-7-8-12(9,10)11/h2-6H2,1H3. The van der Waals surface area contributed by atoms with Crippen LogP contribution in [0, 0.1) is 10.7 Å². The van der Waals surface area contributed by atoms with Gasteiger partial charge in [-0.15, -0.1) is 0 Å². The summed E-state index contributed by atoms with van der Waals surface area (Å²) in [5.41, 5.74) is 0. The zero-order valence-electron chi connectivity index (χ0n) is 7.17. The van der Waals surface area contributed by atoms with Gasteiger partial charge in [0, 0.05) is 0 Å². The van der Waals surface area contributed by atoms with Crippen LogP contribution in [0.2, 0.25) is 0 Å². The fraction of sp³-hybridized carbons (Fsp3) is 0.750. The second-order valence-electron chi connectivity index (χ2n) is 2.61. The van der Waals surface area contributed by atoms with Crippen LogP contribution in [0.1, 0.15) is 39.0 Å². The molecule has 0 unspecified atom stereocenters. The van der Waals surface area contributed by atoms with E-state index in [2.05, 4.69) is 17.6 Å². The molecule has 0 atom stereocenters. The van der Waals surface area contributed by atoms with Crippen LogP contribution in [-0.4, -0.2) is 10.5 Å². The number of hydrogen-bond donors (Lipinski definition) is 0. The quantitative estimate of drug-likeness (QED) is 0.414. The fourth-order valence-corrected chi connectivity index (χ4v) is 2.53. The first-order valence-corrected chi connectivity index (χ1v) is 13.4. The molecule has 0 aromatic carbocycles. The average Bonchev–Trinajstić information content (AvgIpc) is 1.94. The maximum atomic E-state index is 5.62. The van der Waals surface area contributed by atoms with E-state index < -0.39 is 10.5 Å². The second-order valence-corrected chi connectivity index (χ2v) is 17.1. The molecule has 0 rings (SSSR count). The van der Waals surface area contributed by atoms with Crippen LogP contribution in [0.4, 0.5) is 0 Å². The molecule has 0 nitrogen and oxygen atoms in total. The van der Waals surface area contributed by atoms with Crippen molar-refractivity contribution in [3.63, 3.8) is 0 Å². The minimum absolute atomic E-state index is 0.874. The van der Waals surface area contributed by atoms with Gasteiger partial charge in [0.25, 0.3) is 0 Å². The molecular weight excluding hydrogens is 275 g/mol. The predicted molar refractivity (Wildman–Crippen MR) is 59.8 cm³/mol. The Morgan fingerprint density at radius 3 is 2.25 bits per heavy atom. The van der Waals surface area contributed by atoms with Gasteiger partial charge >= 0.3 is 90.2 Å². The molecule has 12 heavy (non-hydrogen) atoms. The second kappa shape index (κ2) is 7.38. The van der Waals surface area contributed by atoms with E-state index in [1.807, 2.05) is 0 Å². The van der Waals surface area contributed by atoms with Crippen molar-refractivity contribution in [2.24, 2.45) is 0 Å². The van der Waals surface area contributed by atoms with E-state index in [0.29, 0.717) is 0 Å². The van der Waals surface area contributed by atoms with Crippen LogP contribution in [0.5, 0.6) is 0 Å². The Labute approximate surface area is 89.9 Å². The van der Waals surface area contributed by atoms with E-state index in [1.54, 1.807) is 0 Å². The van der Waals surface area contributed by atoms with Crippen molar-refractivity contribution in [1.29, 1.82) is 0 Å². The van der Waals surface area contributed by atoms with E-state index in [-0.39, 0.29) is 0 Å². The fourth-order valence-electron chi connectivity index (χ4n) is 0.803. The van der Waals surface area contributed by atoms with Crippen molar-refractivity contribution >= 4 is 40.5 Å². The molecule has 0 radical (unpaired) electrons. The third kappa shape index (κ3) is 11.0. The van der Waals surface area contributed by atoms with E-state index in [9.17, 15) is 0 Å². The minimum atomic E-state index is -3.12. The van der Waals surface area contributed by atoms with Crippen LogP contribution >= 0.6 is 30.0 Å². The van der Waals surface area contributed by atoms with Gasteiger partial charge in [0.1, 0.15) is 0 Å². The van der Waals surface area contributed by atoms with Gasteiger partial charge in [-0.1, -0.05) is 0 Å². The monoisotopic (exact) mass is 288 g/mol. The summed E-state index contributed by atoms with van der Waals surface area (Å²) >= 11 is 0. The third-order valence-corrected chi connectivity index (χ3v) is 3.82. The van der Waals surface area contributed by atoms with Crippen molar-refractivity contribution in [1.82, 2.24) is 0 Å². The number of hydrogen-bond acceptors (Lipinski definition) is 0. The Morgan fingerprint density at radius 2 is 1.75 bits per heavy atom. The molecule has 0 aliphatic rings. The zero-order valence-corrected chi connectivity index (χ0v) is 11.5. The van der Waals surface area contributed by atoms with Crippen LogP contribution < -0.4 is 0 Å². The summed E-state index contributed by atoms with van der Waals surface area (Å²) in [6.07, 6.45) is 5.76. The van der Waals surface area contributed by atoms with Gasteiger partial charge in [-0.3, -0.25) is 0 Å². The summed E-state index contributed by atoms with van der Waals surface area (Å²) in [6, 6.07) is 0. The Bertz CT molecular complexity index is 163. The molecule has 0 amide bonds. The normalized spacial score (nSPS) is 10.7. The van der Waals surface area contributed by atoms with Crippen LogP contribution in [0.3, 0.4) is 0 Å². The van der Waals surface area contributed by atoms with Crippen molar-refractivity contribution in [2.45, 2.75) is 39.0 Å². The summed E-state index contributed by atoms with van der Waals surface area (Å²) in [6.45, 7) is 2.18. The summed E-state index contributed by atoms with van der Waals surface area (Å²) < 4.78 is 2.73. The van der Waals surface area contributed by atoms with E-state index in [0.717, 1.165) is 12.8 Å². The molecule has 0 fully saturated rings. The van der Waals surface area contributed by atoms with E-state index in [4.69, 9.17) is 30.0 Å².